The number of fused-ring (bicyclic) bond motifs is 1. The Hall–Kier alpha value is -2.51. The van der Waals surface area contributed by atoms with E-state index in [1.54, 1.807) is 6.07 Å². The van der Waals surface area contributed by atoms with E-state index in [1.807, 2.05) is 0 Å². The number of carbonyl (C=O) groups is 1. The Morgan fingerprint density at radius 1 is 1.50 bits per heavy atom. The molecule has 1 aromatic heterocycles. The molecule has 1 amide bonds. The number of rotatable bonds is 3. The van der Waals surface area contributed by atoms with Gasteiger partial charge in [0.1, 0.15) is 11.6 Å². The summed E-state index contributed by atoms with van der Waals surface area (Å²) >= 11 is 0. The highest BCUT2D eigenvalue weighted by molar-refractivity contribution is 5.90. The topological polar surface area (TPSA) is 104 Å². The Morgan fingerprint density at radius 2 is 2.23 bits per heavy atom. The third kappa shape index (κ3) is 2.76. The van der Waals surface area contributed by atoms with Gasteiger partial charge in [-0.3, -0.25) is 5.10 Å². The van der Waals surface area contributed by atoms with E-state index in [0.29, 0.717) is 31.0 Å². The van der Waals surface area contributed by atoms with Gasteiger partial charge >= 0.3 is 6.09 Å². The minimum atomic E-state index is -0.885. The fourth-order valence-electron chi connectivity index (χ4n) is 2.69. The fourth-order valence-corrected chi connectivity index (χ4v) is 2.69. The summed E-state index contributed by atoms with van der Waals surface area (Å²) in [6.07, 6.45) is 0.603. The number of amides is 1. The predicted octanol–water partition coefficient (Wildman–Crippen LogP) is 2.05. The standard InChI is InChI=1S/C14H17FN4O3/c15-10-5-9(6-11-12(10)13(16)18-17-11)22-7-8-1-3-19(4-2-8)14(20)21/h5-6,8H,1-4,7H2,(H,20,21)(H3,16,17,18). The van der Waals surface area contributed by atoms with Crippen LogP contribution in [-0.4, -0.2) is 46.0 Å². The second-order valence-corrected chi connectivity index (χ2v) is 5.46. The highest BCUT2D eigenvalue weighted by atomic mass is 19.1. The highest BCUT2D eigenvalue weighted by Crippen LogP contribution is 2.27. The number of aromatic nitrogens is 2. The number of hydrogen-bond acceptors (Lipinski definition) is 4. The van der Waals surface area contributed by atoms with Crippen LogP contribution in [0, 0.1) is 11.7 Å². The van der Waals surface area contributed by atoms with Crippen molar-refractivity contribution in [1.82, 2.24) is 15.1 Å². The molecule has 22 heavy (non-hydrogen) atoms. The number of halogens is 1. The van der Waals surface area contributed by atoms with Crippen molar-refractivity contribution >= 4 is 22.8 Å². The van der Waals surface area contributed by atoms with Gasteiger partial charge < -0.3 is 20.5 Å². The molecule has 0 spiro atoms. The van der Waals surface area contributed by atoms with Crippen LogP contribution in [0.1, 0.15) is 12.8 Å². The molecule has 1 fully saturated rings. The number of carboxylic acid groups (broad SMARTS) is 1. The van der Waals surface area contributed by atoms with Gasteiger partial charge in [-0.2, -0.15) is 5.10 Å². The Kier molecular flexibility index (Phi) is 3.74. The predicted molar refractivity (Wildman–Crippen MR) is 78.3 cm³/mol. The lowest BCUT2D eigenvalue weighted by atomic mass is 9.98. The Morgan fingerprint density at radius 3 is 2.91 bits per heavy atom. The molecule has 2 heterocycles. The van der Waals surface area contributed by atoms with E-state index in [4.69, 9.17) is 15.6 Å². The lowest BCUT2D eigenvalue weighted by Gasteiger charge is -2.29. The van der Waals surface area contributed by atoms with Crippen LogP contribution in [-0.2, 0) is 0 Å². The van der Waals surface area contributed by atoms with Crippen molar-refractivity contribution in [2.75, 3.05) is 25.4 Å². The number of ether oxygens (including phenoxy) is 1. The van der Waals surface area contributed by atoms with Crippen molar-refractivity contribution in [1.29, 1.82) is 0 Å². The number of nitrogen functional groups attached to an aromatic ring is 1. The summed E-state index contributed by atoms with van der Waals surface area (Å²) in [5.41, 5.74) is 6.07. The molecule has 0 bridgehead atoms. The average molecular weight is 308 g/mol. The zero-order valence-corrected chi connectivity index (χ0v) is 11.9. The maximum absolute atomic E-state index is 14.0. The van der Waals surface area contributed by atoms with Crippen molar-refractivity contribution < 1.29 is 19.0 Å². The van der Waals surface area contributed by atoms with Gasteiger partial charge in [0.25, 0.3) is 0 Å². The molecule has 0 saturated carbocycles. The van der Waals surface area contributed by atoms with E-state index in [-0.39, 0.29) is 17.1 Å². The number of piperidine rings is 1. The van der Waals surface area contributed by atoms with E-state index in [9.17, 15) is 9.18 Å². The SMILES string of the molecule is Nc1n[nH]c2cc(OCC3CCN(C(=O)O)CC3)cc(F)c12. The molecule has 8 heteroatoms. The number of hydrogen-bond donors (Lipinski definition) is 3. The van der Waals surface area contributed by atoms with Gasteiger partial charge in [0.05, 0.1) is 17.5 Å². The van der Waals surface area contributed by atoms with Crippen LogP contribution < -0.4 is 10.5 Å². The monoisotopic (exact) mass is 308 g/mol. The highest BCUT2D eigenvalue weighted by Gasteiger charge is 2.22. The first-order valence-electron chi connectivity index (χ1n) is 7.08. The van der Waals surface area contributed by atoms with E-state index in [1.165, 1.54) is 11.0 Å². The van der Waals surface area contributed by atoms with Gasteiger partial charge in [-0.25, -0.2) is 9.18 Å². The van der Waals surface area contributed by atoms with E-state index < -0.39 is 11.9 Å². The molecule has 0 aliphatic carbocycles. The lowest BCUT2D eigenvalue weighted by Crippen LogP contribution is -2.38. The summed E-state index contributed by atoms with van der Waals surface area (Å²) < 4.78 is 19.6. The normalized spacial score (nSPS) is 16.1. The Bertz CT molecular complexity index is 695. The zero-order chi connectivity index (χ0) is 15.7. The average Bonchev–Trinajstić information content (AvgIpc) is 2.87. The largest absolute Gasteiger partial charge is 0.493 e. The van der Waals surface area contributed by atoms with Crippen LogP contribution >= 0.6 is 0 Å². The van der Waals surface area contributed by atoms with Crippen molar-refractivity contribution in [3.05, 3.63) is 17.9 Å². The summed E-state index contributed by atoms with van der Waals surface area (Å²) in [5.74, 6) is 0.329. The van der Waals surface area contributed by atoms with Crippen molar-refractivity contribution in [3.8, 4) is 5.75 Å². The number of nitrogens with one attached hydrogen (secondary N) is 1. The van der Waals surface area contributed by atoms with Gasteiger partial charge in [0, 0.05) is 25.2 Å². The summed E-state index contributed by atoms with van der Waals surface area (Å²) in [7, 11) is 0. The second kappa shape index (κ2) is 5.70. The summed E-state index contributed by atoms with van der Waals surface area (Å²) in [6, 6.07) is 2.95. The number of likely N-dealkylation sites (tertiary alicyclic amines) is 1. The fraction of sp³-hybridized carbons (Fsp3) is 0.429. The molecule has 1 aliphatic rings. The van der Waals surface area contributed by atoms with Crippen LogP contribution in [0.25, 0.3) is 10.9 Å². The van der Waals surface area contributed by atoms with Crippen LogP contribution in [0.15, 0.2) is 12.1 Å². The number of H-pyrrole nitrogens is 1. The maximum atomic E-state index is 14.0. The molecule has 4 N–H and O–H groups in total. The first-order chi connectivity index (χ1) is 10.5. The van der Waals surface area contributed by atoms with Gasteiger partial charge in [-0.05, 0) is 18.8 Å². The summed E-state index contributed by atoms with van der Waals surface area (Å²) in [5, 5.41) is 15.6. The third-order valence-corrected chi connectivity index (χ3v) is 3.99. The van der Waals surface area contributed by atoms with Crippen LogP contribution in [0.5, 0.6) is 5.75 Å². The molecular weight excluding hydrogens is 291 g/mol. The van der Waals surface area contributed by atoms with E-state index >= 15 is 0 Å². The molecule has 1 aliphatic heterocycles. The maximum Gasteiger partial charge on any atom is 0.407 e. The molecule has 1 aromatic carbocycles. The second-order valence-electron chi connectivity index (χ2n) is 5.46. The minimum absolute atomic E-state index is 0.125. The van der Waals surface area contributed by atoms with Crippen LogP contribution in [0.3, 0.4) is 0 Å². The first kappa shape index (κ1) is 14.4. The lowest BCUT2D eigenvalue weighted by molar-refractivity contribution is 0.111. The molecule has 1 saturated heterocycles. The Labute approximate surface area is 125 Å². The molecule has 0 radical (unpaired) electrons. The molecular formula is C14H17FN4O3. The van der Waals surface area contributed by atoms with E-state index in [2.05, 4.69) is 10.2 Å². The third-order valence-electron chi connectivity index (χ3n) is 3.99. The van der Waals surface area contributed by atoms with Crippen LogP contribution in [0.4, 0.5) is 15.0 Å². The Balaban J connectivity index is 1.61. The molecule has 0 unspecified atom stereocenters. The number of aromatic amines is 1. The number of nitrogens with two attached hydrogens (primary N) is 1. The summed E-state index contributed by atoms with van der Waals surface area (Å²) in [4.78, 5) is 12.2. The number of nitrogens with zero attached hydrogens (tertiary/aromatic N) is 2. The number of benzene rings is 1. The smallest absolute Gasteiger partial charge is 0.407 e. The van der Waals surface area contributed by atoms with Crippen molar-refractivity contribution in [2.45, 2.75) is 12.8 Å². The van der Waals surface area contributed by atoms with Crippen molar-refractivity contribution in [3.63, 3.8) is 0 Å². The van der Waals surface area contributed by atoms with Gasteiger partial charge in [0.2, 0.25) is 0 Å². The first-order valence-corrected chi connectivity index (χ1v) is 7.08. The van der Waals surface area contributed by atoms with Crippen LogP contribution in [0.2, 0.25) is 0 Å². The molecule has 118 valence electrons. The van der Waals surface area contributed by atoms with Crippen molar-refractivity contribution in [2.24, 2.45) is 5.92 Å². The quantitative estimate of drug-likeness (QED) is 0.805. The zero-order valence-electron chi connectivity index (χ0n) is 11.9. The summed E-state index contributed by atoms with van der Waals surface area (Å²) in [6.45, 7) is 1.45. The molecule has 3 rings (SSSR count). The minimum Gasteiger partial charge on any atom is -0.493 e. The van der Waals surface area contributed by atoms with Gasteiger partial charge in [-0.15, -0.1) is 0 Å². The number of anilines is 1. The van der Waals surface area contributed by atoms with E-state index in [0.717, 1.165) is 12.8 Å². The van der Waals surface area contributed by atoms with Gasteiger partial charge in [-0.1, -0.05) is 0 Å². The van der Waals surface area contributed by atoms with Gasteiger partial charge in [0.15, 0.2) is 5.82 Å². The molecule has 7 nitrogen and oxygen atoms in total. The molecule has 0 atom stereocenters. The molecule has 2 aromatic rings.